The zero-order chi connectivity index (χ0) is 15.5. The lowest BCUT2D eigenvalue weighted by atomic mass is 9.78. The SMILES string of the molecule is COC1(C2CCCC2)C=CC(CCC(C)C(=O)O)=CC1Br. The molecule has 0 spiro atoms. The van der Waals surface area contributed by atoms with Crippen molar-refractivity contribution >= 4 is 21.9 Å². The van der Waals surface area contributed by atoms with Gasteiger partial charge in [0.1, 0.15) is 5.60 Å². The second-order valence-corrected chi connectivity index (χ2v) is 7.28. The largest absolute Gasteiger partial charge is 0.481 e. The van der Waals surface area contributed by atoms with Crippen molar-refractivity contribution in [3.63, 3.8) is 0 Å². The minimum Gasteiger partial charge on any atom is -0.481 e. The molecule has 21 heavy (non-hydrogen) atoms. The van der Waals surface area contributed by atoms with Crippen molar-refractivity contribution in [2.75, 3.05) is 7.11 Å². The van der Waals surface area contributed by atoms with E-state index in [2.05, 4.69) is 34.2 Å². The molecule has 3 unspecified atom stereocenters. The molecule has 1 N–H and O–H groups in total. The maximum atomic E-state index is 10.9. The second-order valence-electron chi connectivity index (χ2n) is 6.29. The van der Waals surface area contributed by atoms with E-state index in [1.165, 1.54) is 31.3 Å². The molecule has 3 atom stereocenters. The van der Waals surface area contributed by atoms with Crippen LogP contribution in [0.3, 0.4) is 0 Å². The summed E-state index contributed by atoms with van der Waals surface area (Å²) in [5.41, 5.74) is 0.967. The van der Waals surface area contributed by atoms with Gasteiger partial charge in [-0.1, -0.05) is 59.5 Å². The van der Waals surface area contributed by atoms with Gasteiger partial charge in [-0.2, -0.15) is 0 Å². The molecule has 0 aliphatic heterocycles. The summed E-state index contributed by atoms with van der Waals surface area (Å²) >= 11 is 3.79. The quantitative estimate of drug-likeness (QED) is 0.720. The predicted octanol–water partition coefficient (Wildman–Crippen LogP) is 4.32. The van der Waals surface area contributed by atoms with Gasteiger partial charge in [0, 0.05) is 7.11 Å². The average molecular weight is 357 g/mol. The van der Waals surface area contributed by atoms with E-state index in [4.69, 9.17) is 9.84 Å². The van der Waals surface area contributed by atoms with E-state index in [-0.39, 0.29) is 16.3 Å². The molecular formula is C17H25BrO3. The molecule has 2 rings (SSSR count). The lowest BCUT2D eigenvalue weighted by Crippen LogP contribution is -2.45. The first-order chi connectivity index (χ1) is 9.99. The molecule has 2 aliphatic rings. The van der Waals surface area contributed by atoms with Crippen LogP contribution < -0.4 is 0 Å². The normalized spacial score (nSPS) is 31.2. The van der Waals surface area contributed by atoms with Gasteiger partial charge in [-0.25, -0.2) is 0 Å². The first-order valence-electron chi connectivity index (χ1n) is 7.81. The van der Waals surface area contributed by atoms with Gasteiger partial charge in [0.2, 0.25) is 0 Å². The maximum absolute atomic E-state index is 10.9. The summed E-state index contributed by atoms with van der Waals surface area (Å²) < 4.78 is 5.91. The molecule has 0 radical (unpaired) electrons. The summed E-state index contributed by atoms with van der Waals surface area (Å²) in [4.78, 5) is 11.1. The molecule has 0 saturated heterocycles. The fraction of sp³-hybridized carbons (Fsp3) is 0.706. The highest BCUT2D eigenvalue weighted by Crippen LogP contribution is 2.44. The van der Waals surface area contributed by atoms with E-state index in [0.29, 0.717) is 12.3 Å². The Morgan fingerprint density at radius 1 is 1.52 bits per heavy atom. The molecular weight excluding hydrogens is 332 g/mol. The zero-order valence-electron chi connectivity index (χ0n) is 12.8. The zero-order valence-corrected chi connectivity index (χ0v) is 14.4. The van der Waals surface area contributed by atoms with Gasteiger partial charge < -0.3 is 9.84 Å². The lowest BCUT2D eigenvalue weighted by molar-refractivity contribution is -0.141. The highest BCUT2D eigenvalue weighted by Gasteiger charge is 2.44. The van der Waals surface area contributed by atoms with Crippen LogP contribution in [-0.4, -0.2) is 28.6 Å². The summed E-state index contributed by atoms with van der Waals surface area (Å²) in [7, 11) is 1.79. The Balaban J connectivity index is 2.02. The first kappa shape index (κ1) is 16.8. The number of ether oxygens (including phenoxy) is 1. The third kappa shape index (κ3) is 3.59. The van der Waals surface area contributed by atoms with Crippen LogP contribution in [0.4, 0.5) is 0 Å². The van der Waals surface area contributed by atoms with E-state index in [9.17, 15) is 4.79 Å². The van der Waals surface area contributed by atoms with Gasteiger partial charge >= 0.3 is 5.97 Å². The second kappa shape index (κ2) is 7.10. The fourth-order valence-corrected chi connectivity index (χ4v) is 4.51. The van der Waals surface area contributed by atoms with Crippen molar-refractivity contribution in [3.8, 4) is 0 Å². The van der Waals surface area contributed by atoms with Crippen molar-refractivity contribution in [3.05, 3.63) is 23.8 Å². The number of hydrogen-bond acceptors (Lipinski definition) is 2. The molecule has 0 heterocycles. The predicted molar refractivity (Wildman–Crippen MR) is 87.7 cm³/mol. The Hall–Kier alpha value is -0.610. The summed E-state index contributed by atoms with van der Waals surface area (Å²) in [6.07, 6.45) is 13.0. The molecule has 0 aromatic heterocycles. The minimum absolute atomic E-state index is 0.165. The minimum atomic E-state index is -0.719. The van der Waals surface area contributed by atoms with Crippen LogP contribution in [-0.2, 0) is 9.53 Å². The smallest absolute Gasteiger partial charge is 0.306 e. The summed E-state index contributed by atoms with van der Waals surface area (Å²) in [5.74, 6) is -0.446. The standard InChI is InChI=1S/C17H25BrO3/c1-12(16(19)20)7-8-13-9-10-17(21-2,15(18)11-13)14-5-3-4-6-14/h9-12,14-15H,3-8H2,1-2H3,(H,19,20). The van der Waals surface area contributed by atoms with E-state index >= 15 is 0 Å². The van der Waals surface area contributed by atoms with Crippen LogP contribution in [0.25, 0.3) is 0 Å². The number of halogens is 1. The van der Waals surface area contributed by atoms with Crippen molar-refractivity contribution in [1.29, 1.82) is 0 Å². The van der Waals surface area contributed by atoms with Crippen LogP contribution >= 0.6 is 15.9 Å². The van der Waals surface area contributed by atoms with Gasteiger partial charge in [-0.15, -0.1) is 0 Å². The molecule has 0 aromatic carbocycles. The molecule has 0 amide bonds. The Labute approximate surface area is 135 Å². The number of carboxylic acids is 1. The number of rotatable bonds is 6. The van der Waals surface area contributed by atoms with Crippen molar-refractivity contribution in [1.82, 2.24) is 0 Å². The maximum Gasteiger partial charge on any atom is 0.306 e. The number of methoxy groups -OCH3 is 1. The van der Waals surface area contributed by atoms with Gasteiger partial charge in [0.25, 0.3) is 0 Å². The molecule has 1 fully saturated rings. The van der Waals surface area contributed by atoms with Crippen LogP contribution in [0.15, 0.2) is 23.8 Å². The van der Waals surface area contributed by atoms with E-state index in [1.807, 2.05) is 0 Å². The van der Waals surface area contributed by atoms with Crippen LogP contribution in [0.2, 0.25) is 0 Å². The molecule has 3 nitrogen and oxygen atoms in total. The highest BCUT2D eigenvalue weighted by atomic mass is 79.9. The lowest BCUT2D eigenvalue weighted by Gasteiger charge is -2.40. The third-order valence-electron chi connectivity index (χ3n) is 4.98. The Morgan fingerprint density at radius 3 is 2.71 bits per heavy atom. The van der Waals surface area contributed by atoms with Crippen LogP contribution in [0.1, 0.15) is 45.4 Å². The molecule has 1 saturated carbocycles. The van der Waals surface area contributed by atoms with Crippen molar-refractivity contribution in [2.45, 2.75) is 55.9 Å². The number of carbonyl (C=O) groups is 1. The van der Waals surface area contributed by atoms with Crippen molar-refractivity contribution in [2.24, 2.45) is 11.8 Å². The number of allylic oxidation sites excluding steroid dienone is 2. The van der Waals surface area contributed by atoms with Crippen LogP contribution in [0, 0.1) is 11.8 Å². The first-order valence-corrected chi connectivity index (χ1v) is 8.73. The number of alkyl halides is 1. The molecule has 0 bridgehead atoms. The monoisotopic (exact) mass is 356 g/mol. The average Bonchev–Trinajstić information content (AvgIpc) is 2.99. The summed E-state index contributed by atoms with van der Waals surface area (Å²) in [5, 5.41) is 8.96. The number of carboxylic acid groups (broad SMARTS) is 1. The molecule has 2 aliphatic carbocycles. The Bertz CT molecular complexity index is 437. The topological polar surface area (TPSA) is 46.5 Å². The molecule has 0 aromatic rings. The highest BCUT2D eigenvalue weighted by molar-refractivity contribution is 9.09. The van der Waals surface area contributed by atoms with Gasteiger partial charge in [0.15, 0.2) is 0 Å². The summed E-state index contributed by atoms with van der Waals surface area (Å²) in [6, 6.07) is 0. The third-order valence-corrected chi connectivity index (χ3v) is 5.96. The summed E-state index contributed by atoms with van der Waals surface area (Å²) in [6.45, 7) is 1.76. The van der Waals surface area contributed by atoms with Crippen LogP contribution in [0.5, 0.6) is 0 Å². The van der Waals surface area contributed by atoms with E-state index in [0.717, 1.165) is 6.42 Å². The number of hydrogen-bond donors (Lipinski definition) is 1. The van der Waals surface area contributed by atoms with Gasteiger partial charge in [-0.3, -0.25) is 4.79 Å². The Kier molecular flexibility index (Phi) is 5.67. The van der Waals surface area contributed by atoms with E-state index < -0.39 is 5.97 Å². The molecule has 4 heteroatoms. The van der Waals surface area contributed by atoms with Crippen molar-refractivity contribution < 1.29 is 14.6 Å². The Morgan fingerprint density at radius 2 is 2.19 bits per heavy atom. The van der Waals surface area contributed by atoms with Gasteiger partial charge in [0.05, 0.1) is 10.7 Å². The molecule has 118 valence electrons. The van der Waals surface area contributed by atoms with Gasteiger partial charge in [-0.05, 0) is 31.6 Å². The van der Waals surface area contributed by atoms with E-state index in [1.54, 1.807) is 14.0 Å². The fourth-order valence-electron chi connectivity index (χ4n) is 3.46. The number of aliphatic carboxylic acids is 1.